The van der Waals surface area contributed by atoms with Gasteiger partial charge in [-0.15, -0.1) is 0 Å². The molecule has 0 spiro atoms. The largest absolute Gasteiger partial charge is 0.355 e. The van der Waals surface area contributed by atoms with Crippen molar-refractivity contribution >= 4 is 28.5 Å². The summed E-state index contributed by atoms with van der Waals surface area (Å²) in [6, 6.07) is 42.3. The van der Waals surface area contributed by atoms with Crippen molar-refractivity contribution in [3.63, 3.8) is 0 Å². The quantitative estimate of drug-likeness (QED) is 0.180. The number of aromatic nitrogens is 4. The van der Waals surface area contributed by atoms with Crippen molar-refractivity contribution in [2.24, 2.45) is 0 Å². The minimum absolute atomic E-state index is 0.0428. The molecular weight excluding hydrogens is 737 g/mol. The first-order valence-corrected chi connectivity index (χ1v) is 20.3. The molecule has 0 saturated carbocycles. The number of benzene rings is 6. The minimum Gasteiger partial charge on any atom is -0.355 e. The summed E-state index contributed by atoms with van der Waals surface area (Å²) in [6.07, 6.45) is 10.1. The zero-order valence-electron chi connectivity index (χ0n) is 34.7. The number of nitrogens with zero attached hydrogens (tertiary/aromatic N) is 4. The highest BCUT2D eigenvalue weighted by Crippen LogP contribution is 2.46. The Morgan fingerprint density at radius 1 is 0.400 bits per heavy atom. The molecule has 0 saturated heterocycles. The molecule has 294 valence electrons. The van der Waals surface area contributed by atoms with E-state index in [1.165, 1.54) is 57.7 Å². The summed E-state index contributed by atoms with van der Waals surface area (Å²) in [4.78, 5) is 29.6. The molecule has 7 heteroatoms. The van der Waals surface area contributed by atoms with Gasteiger partial charge in [0, 0.05) is 80.6 Å². The summed E-state index contributed by atoms with van der Waals surface area (Å²) < 4.78 is 0. The lowest BCUT2D eigenvalue weighted by Gasteiger charge is -2.35. The van der Waals surface area contributed by atoms with E-state index in [9.17, 15) is 4.79 Å². The van der Waals surface area contributed by atoms with E-state index in [4.69, 9.17) is 0 Å². The van der Waals surface area contributed by atoms with Crippen LogP contribution >= 0.6 is 0 Å². The van der Waals surface area contributed by atoms with Gasteiger partial charge in [-0.3, -0.25) is 4.79 Å². The molecular formula is C53H46N6O. The van der Waals surface area contributed by atoms with Gasteiger partial charge in [-0.1, -0.05) is 113 Å². The maximum absolute atomic E-state index is 13.2. The van der Waals surface area contributed by atoms with Crippen LogP contribution in [0.5, 0.6) is 0 Å². The fourth-order valence-corrected chi connectivity index (χ4v) is 9.01. The summed E-state index contributed by atoms with van der Waals surface area (Å²) in [7, 11) is 0. The van der Waals surface area contributed by atoms with Crippen LogP contribution in [0, 0.1) is 13.8 Å². The highest BCUT2D eigenvalue weighted by molar-refractivity contribution is 6.23. The van der Waals surface area contributed by atoms with Crippen LogP contribution in [0.1, 0.15) is 77.0 Å². The normalized spacial score (nSPS) is 14.1. The van der Waals surface area contributed by atoms with E-state index in [1.54, 1.807) is 24.8 Å². The minimum atomic E-state index is 0.0428. The molecule has 6 aromatic carbocycles. The van der Waals surface area contributed by atoms with E-state index >= 15 is 0 Å². The van der Waals surface area contributed by atoms with Crippen LogP contribution in [0.25, 0.3) is 33.4 Å². The summed E-state index contributed by atoms with van der Waals surface area (Å²) in [6.45, 7) is 13.2. The van der Waals surface area contributed by atoms with Gasteiger partial charge in [-0.25, -0.2) is 19.9 Å². The highest BCUT2D eigenvalue weighted by atomic mass is 16.1. The number of fused-ring (bicyclic) bond motifs is 7. The summed E-state index contributed by atoms with van der Waals surface area (Å²) >= 11 is 0. The van der Waals surface area contributed by atoms with Crippen LogP contribution in [0.3, 0.4) is 0 Å². The number of aryl methyl sites for hydroxylation is 2. The Hall–Kier alpha value is -7.25. The van der Waals surface area contributed by atoms with Crippen LogP contribution < -0.4 is 10.6 Å². The number of ketones is 1. The molecule has 2 N–H and O–H groups in total. The molecule has 2 aromatic heterocycles. The Labute approximate surface area is 351 Å². The second-order valence-electron chi connectivity index (χ2n) is 16.7. The summed E-state index contributed by atoms with van der Waals surface area (Å²) in [5.41, 5.74) is 19.9. The van der Waals surface area contributed by atoms with E-state index in [0.717, 1.165) is 55.6 Å². The second kappa shape index (κ2) is 15.2. The van der Waals surface area contributed by atoms with Crippen molar-refractivity contribution in [1.29, 1.82) is 0 Å². The number of hydrogen-bond acceptors (Lipinski definition) is 7. The van der Waals surface area contributed by atoms with Crippen LogP contribution in [-0.2, 0) is 10.8 Å². The predicted octanol–water partition coefficient (Wildman–Crippen LogP) is 12.6. The maximum Gasteiger partial charge on any atom is 0.194 e. The number of nitrogens with one attached hydrogen (secondary N) is 2. The number of anilines is 4. The lowest BCUT2D eigenvalue weighted by Crippen LogP contribution is -2.25. The average molecular weight is 783 g/mol. The van der Waals surface area contributed by atoms with E-state index in [1.807, 2.05) is 26.0 Å². The molecule has 11 rings (SSSR count). The standard InChI is InChI=1S/C23H16N4O.2C15H15N/c1-13-3-19-20-4-14(2)18(16-9-26-12-27-10-16)6-22(20)23(28)21(19)5-17(13)15-7-24-11-25-8-15;2*1-15(2)11-7-3-5-9-13(11)16-14-10-6-4-8-12(14)15/h3-12H,1-2H3;2*3-10,16H,1-2H3. The molecule has 60 heavy (non-hydrogen) atoms. The molecule has 7 nitrogen and oxygen atoms in total. The Balaban J connectivity index is 0.000000124. The number of rotatable bonds is 2. The van der Waals surface area contributed by atoms with Crippen molar-refractivity contribution in [2.45, 2.75) is 52.4 Å². The summed E-state index contributed by atoms with van der Waals surface area (Å²) in [5, 5.41) is 6.99. The van der Waals surface area contributed by atoms with Gasteiger partial charge in [0.05, 0.1) is 0 Å². The van der Waals surface area contributed by atoms with Gasteiger partial charge >= 0.3 is 0 Å². The first-order valence-electron chi connectivity index (χ1n) is 20.3. The molecule has 0 atom stereocenters. The molecule has 0 unspecified atom stereocenters. The van der Waals surface area contributed by atoms with E-state index in [0.29, 0.717) is 0 Å². The lowest BCUT2D eigenvalue weighted by atomic mass is 9.74. The van der Waals surface area contributed by atoms with Crippen LogP contribution in [-0.4, -0.2) is 25.7 Å². The van der Waals surface area contributed by atoms with Gasteiger partial charge < -0.3 is 10.6 Å². The molecule has 2 aliphatic heterocycles. The van der Waals surface area contributed by atoms with Gasteiger partial charge in [-0.2, -0.15) is 0 Å². The Kier molecular flexibility index (Phi) is 9.67. The van der Waals surface area contributed by atoms with Gasteiger partial charge in [0.15, 0.2) is 5.78 Å². The van der Waals surface area contributed by atoms with Crippen molar-refractivity contribution in [2.75, 3.05) is 10.6 Å². The van der Waals surface area contributed by atoms with Crippen molar-refractivity contribution in [3.05, 3.63) is 203 Å². The number of para-hydroxylation sites is 4. The third-order valence-electron chi connectivity index (χ3n) is 12.2. The van der Waals surface area contributed by atoms with Crippen molar-refractivity contribution < 1.29 is 4.79 Å². The third-order valence-corrected chi connectivity index (χ3v) is 12.2. The fraction of sp³-hybridized carbons (Fsp3) is 0.151. The van der Waals surface area contributed by atoms with E-state index < -0.39 is 0 Å². The second-order valence-corrected chi connectivity index (χ2v) is 16.7. The molecule has 3 aliphatic rings. The first-order chi connectivity index (χ1) is 29.0. The molecule has 0 bridgehead atoms. The number of hydrogen-bond donors (Lipinski definition) is 2. The van der Waals surface area contributed by atoms with Crippen LogP contribution in [0.15, 0.2) is 159 Å². The van der Waals surface area contributed by atoms with Crippen molar-refractivity contribution in [3.8, 4) is 33.4 Å². The number of carbonyl (C=O) groups excluding carboxylic acids is 1. The lowest BCUT2D eigenvalue weighted by molar-refractivity contribution is 0.104. The number of carbonyl (C=O) groups is 1. The maximum atomic E-state index is 13.2. The van der Waals surface area contributed by atoms with Gasteiger partial charge in [-0.05, 0) is 106 Å². The van der Waals surface area contributed by atoms with Crippen LogP contribution in [0.2, 0.25) is 0 Å². The molecule has 8 aromatic rings. The topological polar surface area (TPSA) is 92.7 Å². The fourth-order valence-electron chi connectivity index (χ4n) is 9.01. The van der Waals surface area contributed by atoms with Gasteiger partial charge in [0.2, 0.25) is 0 Å². The molecule has 4 heterocycles. The SMILES string of the molecule is CC1(C)c2ccccc2Nc2ccccc21.CC1(C)c2ccccc2Nc2ccccc21.Cc1cc2c(cc1-c1cncnc1)C(=O)c1cc(-c3cncnc3)c(C)cc1-2. The van der Waals surface area contributed by atoms with Gasteiger partial charge in [0.1, 0.15) is 12.7 Å². The Morgan fingerprint density at radius 3 is 1.02 bits per heavy atom. The molecule has 1 aliphatic carbocycles. The van der Waals surface area contributed by atoms with Crippen LogP contribution in [0.4, 0.5) is 22.7 Å². The zero-order chi connectivity index (χ0) is 41.6. The zero-order valence-corrected chi connectivity index (χ0v) is 34.7. The Morgan fingerprint density at radius 2 is 0.700 bits per heavy atom. The smallest absolute Gasteiger partial charge is 0.194 e. The monoisotopic (exact) mass is 782 g/mol. The van der Waals surface area contributed by atoms with E-state index in [2.05, 4.69) is 167 Å². The first kappa shape index (κ1) is 38.3. The molecule has 0 amide bonds. The third kappa shape index (κ3) is 6.72. The van der Waals surface area contributed by atoms with Gasteiger partial charge in [0.25, 0.3) is 0 Å². The Bertz CT molecular complexity index is 2630. The molecule has 0 radical (unpaired) electrons. The highest BCUT2D eigenvalue weighted by Gasteiger charge is 2.33. The average Bonchev–Trinajstić information content (AvgIpc) is 3.52. The molecule has 0 fully saturated rings. The van der Waals surface area contributed by atoms with E-state index in [-0.39, 0.29) is 16.6 Å². The summed E-state index contributed by atoms with van der Waals surface area (Å²) in [5.74, 6) is 0.0428. The van der Waals surface area contributed by atoms with Crippen molar-refractivity contribution in [1.82, 2.24) is 19.9 Å². The predicted molar refractivity (Wildman–Crippen MR) is 243 cm³/mol.